The lowest BCUT2D eigenvalue weighted by Gasteiger charge is -2.25. The highest BCUT2D eigenvalue weighted by molar-refractivity contribution is 5.86. The molecule has 2 unspecified atom stereocenters. The number of carbonyl (C=O) groups excluding carboxylic acids is 3. The number of carbonyl (C=O) groups is 3. The molecule has 0 saturated carbocycles. The van der Waals surface area contributed by atoms with Gasteiger partial charge in [-0.05, 0) is 38.5 Å². The molecule has 1 fully saturated rings. The summed E-state index contributed by atoms with van der Waals surface area (Å²) in [5.41, 5.74) is 0. The number of aliphatic hydroxyl groups is 1. The maximum atomic E-state index is 12.6. The second kappa shape index (κ2) is 11.0. The maximum absolute atomic E-state index is 12.6. The summed E-state index contributed by atoms with van der Waals surface area (Å²) in [6.45, 7) is 1.01. The van der Waals surface area contributed by atoms with E-state index in [-0.39, 0.29) is 50.0 Å². The molecule has 2 aliphatic rings. The molecule has 2 amide bonds. The van der Waals surface area contributed by atoms with Crippen molar-refractivity contribution in [3.63, 3.8) is 0 Å². The van der Waals surface area contributed by atoms with Crippen LogP contribution in [0.2, 0.25) is 0 Å². The number of aliphatic hydroxyl groups excluding tert-OH is 1. The topological polar surface area (TPSA) is 95.9 Å². The Balaban J connectivity index is 1.95. The van der Waals surface area contributed by atoms with Crippen LogP contribution < -0.4 is 5.32 Å². The van der Waals surface area contributed by atoms with Gasteiger partial charge in [-0.3, -0.25) is 14.4 Å². The molecular weight excluding hydrogens is 336 g/mol. The maximum Gasteiger partial charge on any atom is 0.305 e. The fourth-order valence-electron chi connectivity index (χ4n) is 3.43. The summed E-state index contributed by atoms with van der Waals surface area (Å²) in [5.74, 6) is -0.966. The Morgan fingerprint density at radius 1 is 1.27 bits per heavy atom. The van der Waals surface area contributed by atoms with E-state index in [9.17, 15) is 19.5 Å². The van der Waals surface area contributed by atoms with Crippen LogP contribution in [0.4, 0.5) is 0 Å². The van der Waals surface area contributed by atoms with E-state index >= 15 is 0 Å². The molecule has 2 aliphatic heterocycles. The molecule has 0 aromatic rings. The molecule has 2 atom stereocenters. The van der Waals surface area contributed by atoms with Crippen molar-refractivity contribution < 1.29 is 24.2 Å². The van der Waals surface area contributed by atoms with Gasteiger partial charge in [-0.2, -0.15) is 0 Å². The second-order valence-corrected chi connectivity index (χ2v) is 6.93. The van der Waals surface area contributed by atoms with Gasteiger partial charge in [-0.1, -0.05) is 12.2 Å². The van der Waals surface area contributed by atoms with Crippen LogP contribution in [-0.4, -0.2) is 60.1 Å². The Hall–Kier alpha value is -1.89. The first kappa shape index (κ1) is 20.4. The Morgan fingerprint density at radius 2 is 2.12 bits per heavy atom. The monoisotopic (exact) mass is 366 g/mol. The Labute approximate surface area is 154 Å². The van der Waals surface area contributed by atoms with Gasteiger partial charge in [0.15, 0.2) is 0 Å². The smallest absolute Gasteiger partial charge is 0.305 e. The molecule has 146 valence electrons. The fourth-order valence-corrected chi connectivity index (χ4v) is 3.43. The molecule has 0 aliphatic carbocycles. The van der Waals surface area contributed by atoms with Gasteiger partial charge in [0.1, 0.15) is 6.61 Å². The van der Waals surface area contributed by atoms with Crippen LogP contribution in [0, 0.1) is 5.92 Å². The van der Waals surface area contributed by atoms with E-state index in [2.05, 4.69) is 5.32 Å². The molecule has 7 heteroatoms. The minimum absolute atomic E-state index is 0.0339. The van der Waals surface area contributed by atoms with Gasteiger partial charge in [-0.15, -0.1) is 0 Å². The van der Waals surface area contributed by atoms with Crippen molar-refractivity contribution in [3.05, 3.63) is 12.2 Å². The number of esters is 1. The fraction of sp³-hybridized carbons (Fsp3) is 0.737. The highest BCUT2D eigenvalue weighted by Gasteiger charge is 2.31. The Morgan fingerprint density at radius 3 is 2.92 bits per heavy atom. The van der Waals surface area contributed by atoms with E-state index in [1.54, 1.807) is 4.90 Å². The summed E-state index contributed by atoms with van der Waals surface area (Å²) in [6.07, 6.45) is 9.23. The third-order valence-electron chi connectivity index (χ3n) is 4.95. The van der Waals surface area contributed by atoms with E-state index in [0.717, 1.165) is 32.1 Å². The number of allylic oxidation sites excluding steroid dienone is 2. The average Bonchev–Trinajstić information content (AvgIpc) is 3.11. The van der Waals surface area contributed by atoms with Crippen molar-refractivity contribution in [3.8, 4) is 0 Å². The van der Waals surface area contributed by atoms with E-state index in [1.807, 2.05) is 12.2 Å². The number of nitrogens with zero attached hydrogens (tertiary/aromatic N) is 1. The van der Waals surface area contributed by atoms with Crippen LogP contribution >= 0.6 is 0 Å². The molecule has 0 aromatic heterocycles. The van der Waals surface area contributed by atoms with Crippen molar-refractivity contribution >= 4 is 17.8 Å². The molecule has 1 saturated heterocycles. The Bertz CT molecular complexity index is 520. The molecule has 2 rings (SSSR count). The van der Waals surface area contributed by atoms with Crippen LogP contribution in [0.25, 0.3) is 0 Å². The normalized spacial score (nSPS) is 26.1. The number of nitrogens with one attached hydrogen (secondary N) is 1. The summed E-state index contributed by atoms with van der Waals surface area (Å²) in [4.78, 5) is 38.3. The highest BCUT2D eigenvalue weighted by atomic mass is 16.5. The molecule has 2 N–H and O–H groups in total. The van der Waals surface area contributed by atoms with Crippen LogP contribution in [0.5, 0.6) is 0 Å². The molecule has 2 heterocycles. The van der Waals surface area contributed by atoms with Crippen molar-refractivity contribution in [1.82, 2.24) is 10.2 Å². The van der Waals surface area contributed by atoms with Gasteiger partial charge in [0.05, 0.1) is 25.1 Å². The quantitative estimate of drug-likeness (QED) is 0.577. The van der Waals surface area contributed by atoms with Crippen molar-refractivity contribution in [2.45, 2.75) is 57.4 Å². The molecular formula is C19H30N2O5. The molecule has 0 bridgehead atoms. The van der Waals surface area contributed by atoms with E-state index in [0.29, 0.717) is 19.4 Å². The zero-order valence-electron chi connectivity index (χ0n) is 15.3. The van der Waals surface area contributed by atoms with Gasteiger partial charge in [0.25, 0.3) is 0 Å². The van der Waals surface area contributed by atoms with Crippen LogP contribution in [0.15, 0.2) is 12.2 Å². The number of likely N-dealkylation sites (tertiary alicyclic amines) is 1. The largest absolute Gasteiger partial charge is 0.464 e. The first-order valence-corrected chi connectivity index (χ1v) is 9.60. The molecule has 26 heavy (non-hydrogen) atoms. The number of hydrogen-bond donors (Lipinski definition) is 2. The second-order valence-electron chi connectivity index (χ2n) is 6.93. The van der Waals surface area contributed by atoms with Crippen LogP contribution in [0.1, 0.15) is 51.4 Å². The third-order valence-corrected chi connectivity index (χ3v) is 4.95. The van der Waals surface area contributed by atoms with Crippen molar-refractivity contribution in [2.75, 3.05) is 26.3 Å². The van der Waals surface area contributed by atoms with Gasteiger partial charge < -0.3 is 20.1 Å². The van der Waals surface area contributed by atoms with Crippen LogP contribution in [0.3, 0.4) is 0 Å². The van der Waals surface area contributed by atoms with Gasteiger partial charge in [0, 0.05) is 19.4 Å². The summed E-state index contributed by atoms with van der Waals surface area (Å²) >= 11 is 0. The first-order valence-electron chi connectivity index (χ1n) is 9.60. The number of rotatable bonds is 3. The van der Waals surface area contributed by atoms with Crippen LogP contribution in [-0.2, 0) is 19.1 Å². The minimum Gasteiger partial charge on any atom is -0.464 e. The molecule has 7 nitrogen and oxygen atoms in total. The zero-order valence-corrected chi connectivity index (χ0v) is 15.3. The van der Waals surface area contributed by atoms with Gasteiger partial charge >= 0.3 is 5.97 Å². The third kappa shape index (κ3) is 6.44. The Kier molecular flexibility index (Phi) is 8.61. The predicted octanol–water partition coefficient (Wildman–Crippen LogP) is 1.16. The first-order chi connectivity index (χ1) is 12.6. The summed E-state index contributed by atoms with van der Waals surface area (Å²) in [6, 6.07) is -0.126. The van der Waals surface area contributed by atoms with E-state index in [4.69, 9.17) is 4.74 Å². The molecule has 0 radical (unpaired) electrons. The molecule has 0 aromatic carbocycles. The summed E-state index contributed by atoms with van der Waals surface area (Å²) in [7, 11) is 0. The van der Waals surface area contributed by atoms with Crippen molar-refractivity contribution in [2.24, 2.45) is 5.92 Å². The highest BCUT2D eigenvalue weighted by Crippen LogP contribution is 2.21. The lowest BCUT2D eigenvalue weighted by molar-refractivity contribution is -0.144. The lowest BCUT2D eigenvalue weighted by Crippen LogP contribution is -2.41. The predicted molar refractivity (Wildman–Crippen MR) is 96.1 cm³/mol. The number of hydrogen-bond acceptors (Lipinski definition) is 5. The summed E-state index contributed by atoms with van der Waals surface area (Å²) < 4.78 is 5.09. The number of cyclic esters (lactones) is 1. The summed E-state index contributed by atoms with van der Waals surface area (Å²) in [5, 5.41) is 12.2. The van der Waals surface area contributed by atoms with Gasteiger partial charge in [-0.25, -0.2) is 0 Å². The SMILES string of the molecule is O=C1CCCCC=CCC(CC(=O)N2CCCC2CO)C(=O)NCCO1. The zero-order chi connectivity index (χ0) is 18.8. The minimum atomic E-state index is -0.447. The number of amides is 2. The number of ether oxygens (including phenoxy) is 1. The van der Waals surface area contributed by atoms with Gasteiger partial charge in [0.2, 0.25) is 11.8 Å². The molecule has 0 spiro atoms. The van der Waals surface area contributed by atoms with E-state index in [1.165, 1.54) is 0 Å². The standard InChI is InChI=1S/C19H30N2O5/c22-14-16-8-6-11-21(16)17(23)13-15-7-4-2-1-3-5-9-18(24)26-12-10-20-19(15)25/h2,4,15-16,22H,1,3,5-14H2,(H,20,25). The van der Waals surface area contributed by atoms with E-state index < -0.39 is 5.92 Å². The average molecular weight is 366 g/mol. The lowest BCUT2D eigenvalue weighted by atomic mass is 9.98. The van der Waals surface area contributed by atoms with Crippen molar-refractivity contribution in [1.29, 1.82) is 0 Å².